The Hall–Kier alpha value is -0.830. The quantitative estimate of drug-likeness (QED) is 0.457. The maximum atomic E-state index is 11.1. The minimum Gasteiger partial charge on any atom is -0.464 e. The molecule has 0 amide bonds. The number of rotatable bonds is 0. The zero-order valence-corrected chi connectivity index (χ0v) is 9.24. The number of hydrogen-bond acceptors (Lipinski definition) is 3. The van der Waals surface area contributed by atoms with E-state index in [2.05, 4.69) is 12.2 Å². The maximum Gasteiger partial charge on any atom is 0.332 e. The first kappa shape index (κ1) is 12.2. The molecule has 1 rings (SSSR count). The van der Waals surface area contributed by atoms with Crippen molar-refractivity contribution in [3.8, 4) is 0 Å². The van der Waals surface area contributed by atoms with Gasteiger partial charge in [-0.2, -0.15) is 0 Å². The monoisotopic (exact) mass is 212 g/mol. The summed E-state index contributed by atoms with van der Waals surface area (Å²) in [6, 6.07) is 0. The fourth-order valence-corrected chi connectivity index (χ4v) is 1.45. The van der Waals surface area contributed by atoms with Gasteiger partial charge in [0.25, 0.3) is 0 Å². The van der Waals surface area contributed by atoms with Gasteiger partial charge in [-0.05, 0) is 38.5 Å². The first-order valence-corrected chi connectivity index (χ1v) is 5.78. The van der Waals surface area contributed by atoms with Crippen LogP contribution in [0, 0.1) is 0 Å². The van der Waals surface area contributed by atoms with Gasteiger partial charge in [0.1, 0.15) is 6.61 Å². The lowest BCUT2D eigenvalue weighted by atomic mass is 10.2. The van der Waals surface area contributed by atoms with Gasteiger partial charge in [-0.15, -0.1) is 0 Å². The summed E-state index contributed by atoms with van der Waals surface area (Å²) < 4.78 is 10.2. The molecule has 1 heterocycles. The van der Waals surface area contributed by atoms with Crippen molar-refractivity contribution in [2.24, 2.45) is 0 Å². The van der Waals surface area contributed by atoms with E-state index in [0.717, 1.165) is 38.5 Å². The lowest BCUT2D eigenvalue weighted by molar-refractivity contribution is -0.149. The van der Waals surface area contributed by atoms with Crippen molar-refractivity contribution in [1.82, 2.24) is 0 Å². The molecular formula is C12H20O3. The molecule has 15 heavy (non-hydrogen) atoms. The van der Waals surface area contributed by atoms with Crippen molar-refractivity contribution in [3.63, 3.8) is 0 Å². The molecule has 86 valence electrons. The maximum absolute atomic E-state index is 11.1. The van der Waals surface area contributed by atoms with E-state index < -0.39 is 0 Å². The summed E-state index contributed by atoms with van der Waals surface area (Å²) in [7, 11) is 0. The minimum atomic E-state index is -0.234. The molecule has 0 bridgehead atoms. The molecule has 3 nitrogen and oxygen atoms in total. The van der Waals surface area contributed by atoms with E-state index >= 15 is 0 Å². The van der Waals surface area contributed by atoms with Crippen LogP contribution in [0.25, 0.3) is 0 Å². The molecule has 3 heteroatoms. The zero-order chi connectivity index (χ0) is 10.8. The predicted octanol–water partition coefficient (Wildman–Crippen LogP) is 2.46. The predicted molar refractivity (Wildman–Crippen MR) is 58.6 cm³/mol. The fraction of sp³-hybridized carbons (Fsp3) is 0.750. The molecule has 0 aromatic rings. The average molecular weight is 212 g/mol. The van der Waals surface area contributed by atoms with E-state index in [1.807, 2.05) is 0 Å². The van der Waals surface area contributed by atoms with E-state index in [4.69, 9.17) is 9.47 Å². The largest absolute Gasteiger partial charge is 0.464 e. The van der Waals surface area contributed by atoms with E-state index in [0.29, 0.717) is 13.2 Å². The minimum absolute atomic E-state index is 0.107. The van der Waals surface area contributed by atoms with E-state index in [1.54, 1.807) is 0 Å². The first-order chi connectivity index (χ1) is 7.39. The number of carbonyl (C=O) groups excluding carboxylic acids is 1. The Labute approximate surface area is 91.4 Å². The third kappa shape index (κ3) is 7.14. The summed E-state index contributed by atoms with van der Waals surface area (Å²) in [5, 5.41) is 0. The highest BCUT2D eigenvalue weighted by Crippen LogP contribution is 2.02. The Morgan fingerprint density at radius 2 is 1.60 bits per heavy atom. The molecule has 0 fully saturated rings. The molecule has 0 unspecified atom stereocenters. The number of hydrogen-bond donors (Lipinski definition) is 0. The topological polar surface area (TPSA) is 35.5 Å². The van der Waals surface area contributed by atoms with E-state index in [1.165, 1.54) is 0 Å². The van der Waals surface area contributed by atoms with Crippen LogP contribution in [0.15, 0.2) is 12.2 Å². The second-order valence-electron chi connectivity index (χ2n) is 3.74. The highest BCUT2D eigenvalue weighted by molar-refractivity contribution is 5.70. The van der Waals surface area contributed by atoms with Crippen LogP contribution in [0.1, 0.15) is 38.5 Å². The number of carbonyl (C=O) groups is 1. The summed E-state index contributed by atoms with van der Waals surface area (Å²) in [6.45, 7) is 1.29. The summed E-state index contributed by atoms with van der Waals surface area (Å²) in [5.41, 5.74) is 0. The second-order valence-corrected chi connectivity index (χ2v) is 3.74. The highest BCUT2D eigenvalue weighted by atomic mass is 16.6. The molecule has 0 atom stereocenters. The Morgan fingerprint density at radius 1 is 0.933 bits per heavy atom. The van der Waals surface area contributed by atoms with Crippen LogP contribution >= 0.6 is 0 Å². The molecule has 0 spiro atoms. The molecule has 0 radical (unpaired) electrons. The van der Waals surface area contributed by atoms with E-state index in [-0.39, 0.29) is 12.6 Å². The molecule has 1 aliphatic heterocycles. The number of allylic oxidation sites excluding steroid dienone is 2. The summed E-state index contributed by atoms with van der Waals surface area (Å²) in [6.07, 6.45) is 10.8. The number of cyclic esters (lactones) is 1. The summed E-state index contributed by atoms with van der Waals surface area (Å²) >= 11 is 0. The van der Waals surface area contributed by atoms with Crippen molar-refractivity contribution < 1.29 is 14.3 Å². The SMILES string of the molecule is O=C1COCCCC/C=C\CCCCO1. The van der Waals surface area contributed by atoms with Gasteiger partial charge < -0.3 is 9.47 Å². The van der Waals surface area contributed by atoms with Crippen molar-refractivity contribution in [2.75, 3.05) is 19.8 Å². The Morgan fingerprint density at radius 3 is 2.33 bits per heavy atom. The smallest absolute Gasteiger partial charge is 0.332 e. The van der Waals surface area contributed by atoms with Crippen molar-refractivity contribution >= 4 is 5.97 Å². The van der Waals surface area contributed by atoms with Crippen molar-refractivity contribution in [1.29, 1.82) is 0 Å². The molecule has 0 aromatic heterocycles. The fourth-order valence-electron chi connectivity index (χ4n) is 1.45. The van der Waals surface area contributed by atoms with Gasteiger partial charge in [0.05, 0.1) is 6.61 Å². The lowest BCUT2D eigenvalue weighted by Crippen LogP contribution is -2.14. The average Bonchev–Trinajstić information content (AvgIpc) is 2.24. The van der Waals surface area contributed by atoms with E-state index in [9.17, 15) is 4.79 Å². The second kappa shape index (κ2) is 8.48. The van der Waals surface area contributed by atoms with Crippen LogP contribution in [0.2, 0.25) is 0 Å². The van der Waals surface area contributed by atoms with Crippen LogP contribution in [-0.4, -0.2) is 25.8 Å². The van der Waals surface area contributed by atoms with Crippen LogP contribution in [0.3, 0.4) is 0 Å². The summed E-state index contributed by atoms with van der Waals surface area (Å²) in [4.78, 5) is 11.1. The number of esters is 1. The molecule has 0 aliphatic carbocycles. The first-order valence-electron chi connectivity index (χ1n) is 5.78. The number of ether oxygens (including phenoxy) is 2. The third-order valence-electron chi connectivity index (χ3n) is 2.32. The van der Waals surface area contributed by atoms with Gasteiger partial charge in [-0.1, -0.05) is 12.2 Å². The molecule has 0 saturated carbocycles. The van der Waals surface area contributed by atoms with Crippen LogP contribution in [-0.2, 0) is 14.3 Å². The standard InChI is InChI=1S/C12H20O3/c13-12-11-14-9-7-5-3-1-2-4-6-8-10-15-12/h1-2H,3-11H2/b2-1-. The van der Waals surface area contributed by atoms with Gasteiger partial charge in [-0.25, -0.2) is 4.79 Å². The van der Waals surface area contributed by atoms with Gasteiger partial charge in [0, 0.05) is 6.61 Å². The molecular weight excluding hydrogens is 192 g/mol. The van der Waals surface area contributed by atoms with Crippen LogP contribution < -0.4 is 0 Å². The Kier molecular flexibility index (Phi) is 6.92. The normalized spacial score (nSPS) is 23.9. The van der Waals surface area contributed by atoms with Gasteiger partial charge >= 0.3 is 5.97 Å². The van der Waals surface area contributed by atoms with Crippen molar-refractivity contribution in [3.05, 3.63) is 12.2 Å². The Balaban J connectivity index is 2.20. The third-order valence-corrected chi connectivity index (χ3v) is 2.32. The Bertz CT molecular complexity index is 199. The van der Waals surface area contributed by atoms with Gasteiger partial charge in [0.15, 0.2) is 0 Å². The van der Waals surface area contributed by atoms with Crippen molar-refractivity contribution in [2.45, 2.75) is 38.5 Å². The van der Waals surface area contributed by atoms with Gasteiger partial charge in [0.2, 0.25) is 0 Å². The highest BCUT2D eigenvalue weighted by Gasteiger charge is 2.02. The van der Waals surface area contributed by atoms with Crippen LogP contribution in [0.4, 0.5) is 0 Å². The molecule has 0 N–H and O–H groups in total. The zero-order valence-electron chi connectivity index (χ0n) is 9.24. The summed E-state index contributed by atoms with van der Waals surface area (Å²) in [5.74, 6) is -0.234. The molecule has 0 saturated heterocycles. The van der Waals surface area contributed by atoms with Crippen LogP contribution in [0.5, 0.6) is 0 Å². The molecule has 1 aliphatic rings. The lowest BCUT2D eigenvalue weighted by Gasteiger charge is -2.06. The van der Waals surface area contributed by atoms with Gasteiger partial charge in [-0.3, -0.25) is 0 Å². The molecule has 0 aromatic carbocycles.